The van der Waals surface area contributed by atoms with E-state index in [0.29, 0.717) is 6.54 Å². The molecule has 1 amide bonds. The minimum absolute atomic E-state index is 0.173. The van der Waals surface area contributed by atoms with Gasteiger partial charge in [0.25, 0.3) is 0 Å². The number of amides is 1. The molecule has 3 rings (SSSR count). The molecule has 120 valence electrons. The maximum absolute atomic E-state index is 12.2. The largest absolute Gasteiger partial charge is 0.340 e. The Kier molecular flexibility index (Phi) is 5.08. The summed E-state index contributed by atoms with van der Waals surface area (Å²) in [5.74, 6) is 0.240. The van der Waals surface area contributed by atoms with Crippen LogP contribution in [0.15, 0.2) is 30.3 Å². The van der Waals surface area contributed by atoms with Crippen molar-refractivity contribution in [2.75, 3.05) is 45.8 Å². The zero-order chi connectivity index (χ0) is 15.4. The zero-order valence-corrected chi connectivity index (χ0v) is 13.2. The highest BCUT2D eigenvalue weighted by Crippen LogP contribution is 2.11. The van der Waals surface area contributed by atoms with Gasteiger partial charge in [0.1, 0.15) is 0 Å². The molecule has 2 aliphatic rings. The van der Waals surface area contributed by atoms with Crippen molar-refractivity contribution >= 4 is 5.91 Å². The van der Waals surface area contributed by atoms with Crippen molar-refractivity contribution < 1.29 is 4.79 Å². The number of benzene rings is 1. The van der Waals surface area contributed by atoms with E-state index in [1.54, 1.807) is 0 Å². The Bertz CT molecular complexity index is 485. The number of nitrogens with two attached hydrogens (primary N) is 1. The summed E-state index contributed by atoms with van der Waals surface area (Å²) in [6.45, 7) is 7.11. The topological polar surface area (TPSA) is 52.8 Å². The first-order valence-electron chi connectivity index (χ1n) is 8.23. The second-order valence-corrected chi connectivity index (χ2v) is 6.43. The van der Waals surface area contributed by atoms with E-state index in [1.807, 2.05) is 4.90 Å². The highest BCUT2D eigenvalue weighted by atomic mass is 16.2. The van der Waals surface area contributed by atoms with E-state index in [2.05, 4.69) is 40.1 Å². The number of rotatable bonds is 4. The van der Waals surface area contributed by atoms with E-state index in [1.165, 1.54) is 5.56 Å². The number of carbonyl (C=O) groups is 1. The molecule has 5 nitrogen and oxygen atoms in total. The molecule has 0 unspecified atom stereocenters. The Morgan fingerprint density at radius 3 is 2.36 bits per heavy atom. The van der Waals surface area contributed by atoms with Crippen LogP contribution in [0, 0.1) is 0 Å². The fourth-order valence-corrected chi connectivity index (χ4v) is 3.25. The highest BCUT2D eigenvalue weighted by molar-refractivity contribution is 5.78. The molecular formula is C17H26N4O. The van der Waals surface area contributed by atoms with Gasteiger partial charge in [-0.3, -0.25) is 14.6 Å². The maximum Gasteiger partial charge on any atom is 0.236 e. The summed E-state index contributed by atoms with van der Waals surface area (Å²) in [6.07, 6.45) is 0.941. The molecule has 0 aliphatic carbocycles. The van der Waals surface area contributed by atoms with Gasteiger partial charge in [0.05, 0.1) is 6.54 Å². The molecule has 0 spiro atoms. The monoisotopic (exact) mass is 302 g/mol. The molecule has 0 aromatic heterocycles. The van der Waals surface area contributed by atoms with E-state index in [4.69, 9.17) is 5.73 Å². The molecular weight excluding hydrogens is 276 g/mol. The minimum atomic E-state index is 0.173. The van der Waals surface area contributed by atoms with E-state index in [0.717, 1.165) is 52.2 Å². The van der Waals surface area contributed by atoms with Gasteiger partial charge in [-0.05, 0) is 12.0 Å². The molecule has 1 atom stereocenters. The van der Waals surface area contributed by atoms with Crippen molar-refractivity contribution in [2.24, 2.45) is 5.73 Å². The Labute approximate surface area is 132 Å². The molecule has 1 aromatic rings. The summed E-state index contributed by atoms with van der Waals surface area (Å²) in [5.41, 5.74) is 7.23. The standard InChI is InChI=1S/C17H26N4O/c18-16-6-7-21(13-16)17(22)14-20-10-8-19(9-11-20)12-15-4-2-1-3-5-15/h1-5,16H,6-14,18H2/t16-/m1/s1. The molecule has 2 heterocycles. The lowest BCUT2D eigenvalue weighted by atomic mass is 10.2. The summed E-state index contributed by atoms with van der Waals surface area (Å²) in [5, 5.41) is 0. The van der Waals surface area contributed by atoms with E-state index in [-0.39, 0.29) is 11.9 Å². The van der Waals surface area contributed by atoms with Crippen LogP contribution in [0.4, 0.5) is 0 Å². The van der Waals surface area contributed by atoms with Gasteiger partial charge in [0, 0.05) is 51.9 Å². The number of hydrogen-bond donors (Lipinski definition) is 1. The molecule has 5 heteroatoms. The van der Waals surface area contributed by atoms with Crippen LogP contribution in [-0.2, 0) is 11.3 Å². The van der Waals surface area contributed by atoms with Crippen LogP contribution >= 0.6 is 0 Å². The van der Waals surface area contributed by atoms with Gasteiger partial charge in [-0.1, -0.05) is 30.3 Å². The summed E-state index contributed by atoms with van der Waals surface area (Å²) in [6, 6.07) is 10.7. The molecule has 1 aromatic carbocycles. The molecule has 22 heavy (non-hydrogen) atoms. The van der Waals surface area contributed by atoms with Crippen molar-refractivity contribution in [1.29, 1.82) is 0 Å². The Hall–Kier alpha value is -1.43. The average molecular weight is 302 g/mol. The Morgan fingerprint density at radius 1 is 1.05 bits per heavy atom. The van der Waals surface area contributed by atoms with Crippen molar-refractivity contribution in [1.82, 2.24) is 14.7 Å². The third-order valence-corrected chi connectivity index (χ3v) is 4.65. The average Bonchev–Trinajstić information content (AvgIpc) is 2.97. The van der Waals surface area contributed by atoms with Crippen LogP contribution in [-0.4, -0.2) is 72.5 Å². The first-order chi connectivity index (χ1) is 10.7. The molecule has 2 fully saturated rings. The van der Waals surface area contributed by atoms with Crippen LogP contribution in [0.3, 0.4) is 0 Å². The van der Waals surface area contributed by atoms with Gasteiger partial charge in [0.2, 0.25) is 5.91 Å². The van der Waals surface area contributed by atoms with Crippen molar-refractivity contribution in [3.05, 3.63) is 35.9 Å². The molecule has 0 saturated carbocycles. The van der Waals surface area contributed by atoms with E-state index in [9.17, 15) is 4.79 Å². The molecule has 2 N–H and O–H groups in total. The van der Waals surface area contributed by atoms with Gasteiger partial charge in [-0.15, -0.1) is 0 Å². The molecule has 2 aliphatic heterocycles. The smallest absolute Gasteiger partial charge is 0.236 e. The summed E-state index contributed by atoms with van der Waals surface area (Å²) in [4.78, 5) is 18.9. The summed E-state index contributed by atoms with van der Waals surface area (Å²) >= 11 is 0. The van der Waals surface area contributed by atoms with Crippen molar-refractivity contribution in [3.8, 4) is 0 Å². The van der Waals surface area contributed by atoms with Gasteiger partial charge in [-0.2, -0.15) is 0 Å². The fraction of sp³-hybridized carbons (Fsp3) is 0.588. The van der Waals surface area contributed by atoms with Crippen molar-refractivity contribution in [2.45, 2.75) is 19.0 Å². The first-order valence-corrected chi connectivity index (χ1v) is 8.23. The zero-order valence-electron chi connectivity index (χ0n) is 13.2. The second kappa shape index (κ2) is 7.22. The first kappa shape index (κ1) is 15.5. The number of hydrogen-bond acceptors (Lipinski definition) is 4. The number of likely N-dealkylation sites (tertiary alicyclic amines) is 1. The van der Waals surface area contributed by atoms with Crippen molar-refractivity contribution in [3.63, 3.8) is 0 Å². The predicted octanol–water partition coefficient (Wildman–Crippen LogP) is 0.364. The lowest BCUT2D eigenvalue weighted by Crippen LogP contribution is -2.49. The van der Waals surface area contributed by atoms with Crippen LogP contribution in [0.5, 0.6) is 0 Å². The van der Waals surface area contributed by atoms with Gasteiger partial charge >= 0.3 is 0 Å². The quantitative estimate of drug-likeness (QED) is 0.873. The van der Waals surface area contributed by atoms with Crippen LogP contribution < -0.4 is 5.73 Å². The van der Waals surface area contributed by atoms with Gasteiger partial charge < -0.3 is 10.6 Å². The normalized spacial score (nSPS) is 23.9. The van der Waals surface area contributed by atoms with Gasteiger partial charge in [-0.25, -0.2) is 0 Å². The lowest BCUT2D eigenvalue weighted by Gasteiger charge is -2.35. The van der Waals surface area contributed by atoms with Gasteiger partial charge in [0.15, 0.2) is 0 Å². The van der Waals surface area contributed by atoms with Crippen LogP contribution in [0.25, 0.3) is 0 Å². The molecule has 2 saturated heterocycles. The second-order valence-electron chi connectivity index (χ2n) is 6.43. The predicted molar refractivity (Wildman–Crippen MR) is 87.3 cm³/mol. The van der Waals surface area contributed by atoms with Crippen LogP contribution in [0.1, 0.15) is 12.0 Å². The number of piperazine rings is 1. The fourth-order valence-electron chi connectivity index (χ4n) is 3.25. The third-order valence-electron chi connectivity index (χ3n) is 4.65. The molecule has 0 radical (unpaired) electrons. The highest BCUT2D eigenvalue weighted by Gasteiger charge is 2.26. The van der Waals surface area contributed by atoms with E-state index < -0.39 is 0 Å². The third kappa shape index (κ3) is 4.06. The number of carbonyl (C=O) groups excluding carboxylic acids is 1. The molecule has 0 bridgehead atoms. The Morgan fingerprint density at radius 2 is 1.73 bits per heavy atom. The summed E-state index contributed by atoms with van der Waals surface area (Å²) in [7, 11) is 0. The lowest BCUT2D eigenvalue weighted by molar-refractivity contribution is -0.131. The SMILES string of the molecule is N[C@@H]1CCN(C(=O)CN2CCN(Cc3ccccc3)CC2)C1. The van der Waals surface area contributed by atoms with E-state index >= 15 is 0 Å². The maximum atomic E-state index is 12.2. The number of nitrogens with zero attached hydrogens (tertiary/aromatic N) is 3. The minimum Gasteiger partial charge on any atom is -0.340 e. The summed E-state index contributed by atoms with van der Waals surface area (Å²) < 4.78 is 0. The van der Waals surface area contributed by atoms with Crippen LogP contribution in [0.2, 0.25) is 0 Å². The Balaban J connectivity index is 1.41.